The van der Waals surface area contributed by atoms with Crippen molar-refractivity contribution in [3.05, 3.63) is 107 Å². The van der Waals surface area contributed by atoms with E-state index < -0.39 is 0 Å². The van der Waals surface area contributed by atoms with Crippen LogP contribution in [0.4, 0.5) is 0 Å². The summed E-state index contributed by atoms with van der Waals surface area (Å²) in [6.45, 7) is 9.32. The molecule has 3 aromatic carbocycles. The first kappa shape index (κ1) is 23.5. The summed E-state index contributed by atoms with van der Waals surface area (Å²) < 4.78 is 0.00172. The predicted molar refractivity (Wildman–Crippen MR) is 131 cm³/mol. The summed E-state index contributed by atoms with van der Waals surface area (Å²) in [6.07, 6.45) is 2.26. The van der Waals surface area contributed by atoms with Crippen molar-refractivity contribution in [3.63, 3.8) is 0 Å². The third kappa shape index (κ3) is 5.18. The molecule has 0 heterocycles. The zero-order chi connectivity index (χ0) is 21.8. The van der Waals surface area contributed by atoms with Gasteiger partial charge in [0.15, 0.2) is 0 Å². The van der Waals surface area contributed by atoms with E-state index in [9.17, 15) is 0 Å². The number of hydrogen-bond acceptors (Lipinski definition) is 0. The molecule has 2 heteroatoms. The van der Waals surface area contributed by atoms with Gasteiger partial charge in [-0.2, -0.15) is 0 Å². The van der Waals surface area contributed by atoms with E-state index in [4.69, 9.17) is 0 Å². The van der Waals surface area contributed by atoms with Crippen LogP contribution in [0.5, 0.6) is 0 Å². The van der Waals surface area contributed by atoms with Crippen LogP contribution >= 0.6 is 0 Å². The van der Waals surface area contributed by atoms with Gasteiger partial charge in [-0.3, -0.25) is 0 Å². The summed E-state index contributed by atoms with van der Waals surface area (Å²) in [6, 6.07) is 31.5. The average molecular weight is 382 g/mol. The van der Waals surface area contributed by atoms with Crippen LogP contribution in [0, 0.1) is 11.8 Å². The van der Waals surface area contributed by atoms with Crippen molar-refractivity contribution in [1.29, 1.82) is 0 Å². The van der Waals surface area contributed by atoms with Crippen molar-refractivity contribution in [2.24, 2.45) is 11.8 Å². The number of rotatable bonds is 8. The van der Waals surface area contributed by atoms with Gasteiger partial charge in [-0.05, 0) is 0 Å². The minimum absolute atomic E-state index is 0.000858. The van der Waals surface area contributed by atoms with Gasteiger partial charge in [0.1, 0.15) is 0 Å². The maximum atomic E-state index is 2.49. The quantitative estimate of drug-likeness (QED) is 0.385. The van der Waals surface area contributed by atoms with Crippen LogP contribution in [-0.2, 0) is 8.18 Å². The Hall–Kier alpha value is -1.15. The average Bonchev–Trinajstić information content (AvgIpc) is 2.74. The Balaban J connectivity index is 2.15. The fourth-order valence-corrected chi connectivity index (χ4v) is 5.26. The summed E-state index contributed by atoms with van der Waals surface area (Å²) in [7, 11) is 0. The molecule has 0 aliphatic heterocycles. The van der Waals surface area contributed by atoms with E-state index in [1.807, 2.05) is 0 Å². The molecule has 0 fully saturated rings. The van der Waals surface area contributed by atoms with Crippen LogP contribution in [0.25, 0.3) is 0 Å². The molecular formula is C28H32Li2. The summed E-state index contributed by atoms with van der Waals surface area (Å²) in [5, 5.41) is 0. The van der Waals surface area contributed by atoms with E-state index in [0.717, 1.165) is 12.8 Å². The second-order valence-electron chi connectivity index (χ2n) is 10.2. The van der Waals surface area contributed by atoms with E-state index in [-0.39, 0.29) is 8.18 Å². The third-order valence-electron chi connectivity index (χ3n) is 6.59. The van der Waals surface area contributed by atoms with Crippen LogP contribution in [0.2, 0.25) is 0 Å². The molecule has 2 atom stereocenters. The maximum absolute atomic E-state index is 2.49. The van der Waals surface area contributed by atoms with Crippen LogP contribution in [-0.4, -0.2) is 35.4 Å². The fraction of sp³-hybridized carbons (Fsp3) is 0.357. The van der Waals surface area contributed by atoms with Crippen LogP contribution < -0.4 is 0 Å². The molecule has 0 bridgehead atoms. The Morgan fingerprint density at radius 2 is 0.867 bits per heavy atom. The van der Waals surface area contributed by atoms with Crippen molar-refractivity contribution < 1.29 is 0 Å². The van der Waals surface area contributed by atoms with Crippen molar-refractivity contribution in [3.8, 4) is 0 Å². The molecule has 3 aromatic rings. The van der Waals surface area contributed by atoms with Crippen molar-refractivity contribution in [2.45, 2.75) is 48.7 Å². The molecule has 2 unspecified atom stereocenters. The van der Waals surface area contributed by atoms with Crippen LogP contribution in [0.15, 0.2) is 84.9 Å². The van der Waals surface area contributed by atoms with Gasteiger partial charge in [-0.1, -0.05) is 0 Å². The Kier molecular flexibility index (Phi) is 7.83. The molecule has 0 saturated carbocycles. The van der Waals surface area contributed by atoms with Gasteiger partial charge in [0, 0.05) is 0 Å². The van der Waals surface area contributed by atoms with Gasteiger partial charge in [0.25, 0.3) is 0 Å². The van der Waals surface area contributed by atoms with Gasteiger partial charge >= 0.3 is 203 Å². The molecule has 146 valence electrons. The molecule has 0 amide bonds. The fourth-order valence-electron chi connectivity index (χ4n) is 5.26. The molecule has 0 spiro atoms. The minimum atomic E-state index is 0.000858. The predicted octanol–water partition coefficient (Wildman–Crippen LogP) is 6.60. The summed E-state index contributed by atoms with van der Waals surface area (Å²) >= 11 is 4.84. The number of benzene rings is 3. The Morgan fingerprint density at radius 1 is 0.533 bits per heavy atom. The first-order valence-electron chi connectivity index (χ1n) is 11.5. The SMILES string of the molecule is [Li][C](CC(C)C)(c1ccccc1)c1cccc([C]([Li])(CC(C)C)c2ccccc2)c1. The topological polar surface area (TPSA) is 0 Å². The zero-order valence-corrected chi connectivity index (χ0v) is 19.7. The van der Waals surface area contributed by atoms with Crippen LogP contribution in [0.3, 0.4) is 0 Å². The summed E-state index contributed by atoms with van der Waals surface area (Å²) in [5.41, 5.74) is 5.65. The van der Waals surface area contributed by atoms with Crippen molar-refractivity contribution >= 4 is 35.4 Å². The standard InChI is InChI=1S/C28H32.2Li/c1-21(2)18-27(23-12-7-5-8-13-23)25-16-11-17-26(20-25)28(19-22(3)4)24-14-9-6-10-15-24;;/h5-17,20-22H,18-19H2,1-4H3;;. The van der Waals surface area contributed by atoms with E-state index >= 15 is 0 Å². The molecule has 0 aromatic heterocycles. The second kappa shape index (κ2) is 9.98. The molecule has 0 aliphatic rings. The van der Waals surface area contributed by atoms with Gasteiger partial charge in [-0.25, -0.2) is 0 Å². The second-order valence-corrected chi connectivity index (χ2v) is 10.2. The Morgan fingerprint density at radius 3 is 1.20 bits per heavy atom. The molecule has 0 saturated heterocycles. The van der Waals surface area contributed by atoms with E-state index in [2.05, 4.69) is 148 Å². The van der Waals surface area contributed by atoms with E-state index in [1.165, 1.54) is 22.3 Å². The third-order valence-corrected chi connectivity index (χ3v) is 6.59. The monoisotopic (exact) mass is 382 g/mol. The number of hydrogen-bond donors (Lipinski definition) is 0. The zero-order valence-electron chi connectivity index (χ0n) is 19.7. The van der Waals surface area contributed by atoms with Gasteiger partial charge in [-0.15, -0.1) is 0 Å². The van der Waals surface area contributed by atoms with E-state index in [1.54, 1.807) is 0 Å². The Bertz CT molecular complexity index is 858. The molecule has 0 nitrogen and oxygen atoms in total. The van der Waals surface area contributed by atoms with Crippen molar-refractivity contribution in [1.82, 2.24) is 0 Å². The Labute approximate surface area is 202 Å². The summed E-state index contributed by atoms with van der Waals surface area (Å²) in [4.78, 5) is 0. The van der Waals surface area contributed by atoms with Gasteiger partial charge in [0.2, 0.25) is 0 Å². The molecule has 30 heavy (non-hydrogen) atoms. The van der Waals surface area contributed by atoms with Crippen LogP contribution in [0.1, 0.15) is 62.8 Å². The molecule has 3 rings (SSSR count). The first-order chi connectivity index (χ1) is 14.3. The van der Waals surface area contributed by atoms with E-state index in [0.29, 0.717) is 11.8 Å². The van der Waals surface area contributed by atoms with Gasteiger partial charge in [0.05, 0.1) is 0 Å². The van der Waals surface area contributed by atoms with Gasteiger partial charge < -0.3 is 0 Å². The normalized spacial score (nSPS) is 15.8. The first-order valence-corrected chi connectivity index (χ1v) is 11.5. The molecular weight excluding hydrogens is 350 g/mol. The molecule has 0 N–H and O–H groups in total. The molecule has 0 aliphatic carbocycles. The van der Waals surface area contributed by atoms with Crippen molar-refractivity contribution in [2.75, 3.05) is 0 Å². The summed E-state index contributed by atoms with van der Waals surface area (Å²) in [5.74, 6) is 1.24. The molecule has 0 radical (unpaired) electrons.